The first-order chi connectivity index (χ1) is 43.5. The lowest BCUT2D eigenvalue weighted by atomic mass is 9.89. The SMILES string of the molecule is C[C@@H](O)[C@@H]1NC(=O)[C@H](CC2CCNCC2)NC(=O)[C@@H]([C@@H](C)c2c[nH]c3ccccc23)NC(=O)[C@H](Cc2ccc(O)cc2)NC(=O)[C@H](CCCCNC(=O)CCC(C(=O)O)N2CCN(CC(=O)O)CCN(CC(=O)O)CC2)N(C)C(=O)[C@H](Cc2ccccc2)NC1=O. The van der Waals surface area contributed by atoms with Crippen LogP contribution in [0.3, 0.4) is 0 Å². The highest BCUT2D eigenvalue weighted by atomic mass is 16.4. The maximum absolute atomic E-state index is 15.3. The first-order valence-corrected chi connectivity index (χ1v) is 31.2. The fraction of sp³-hybridized carbons (Fsp3) is 0.531. The third-order valence-corrected chi connectivity index (χ3v) is 17.4. The van der Waals surface area contributed by atoms with Crippen LogP contribution in [0.1, 0.15) is 87.8 Å². The summed E-state index contributed by atoms with van der Waals surface area (Å²) in [5.74, 6) is -9.66. The number of likely N-dealkylation sites (N-methyl/N-ethyl adjacent to an activating group) is 1. The summed E-state index contributed by atoms with van der Waals surface area (Å²) in [7, 11) is 1.37. The number of unbranched alkanes of at least 4 members (excludes halogenated alkanes) is 1. The van der Waals surface area contributed by atoms with Crippen molar-refractivity contribution in [3.05, 3.63) is 102 Å². The molecule has 0 saturated carbocycles. The zero-order chi connectivity index (χ0) is 65.7. The number of benzene rings is 3. The van der Waals surface area contributed by atoms with Crippen molar-refractivity contribution in [3.63, 3.8) is 0 Å². The van der Waals surface area contributed by atoms with Crippen LogP contribution < -0.4 is 37.2 Å². The Kier molecular flexibility index (Phi) is 26.2. The zero-order valence-electron chi connectivity index (χ0n) is 51.8. The molecule has 4 heterocycles. The summed E-state index contributed by atoms with van der Waals surface area (Å²) >= 11 is 0. The van der Waals surface area contributed by atoms with Crippen molar-refractivity contribution < 1.29 is 73.5 Å². The highest BCUT2D eigenvalue weighted by Gasteiger charge is 2.41. The van der Waals surface area contributed by atoms with Crippen molar-refractivity contribution in [1.82, 2.24) is 61.8 Å². The predicted octanol–water partition coefficient (Wildman–Crippen LogP) is 0.106. The van der Waals surface area contributed by atoms with Crippen LogP contribution in [0.5, 0.6) is 5.75 Å². The molecular formula is C64H88N12O15. The first kappa shape index (κ1) is 70.0. The minimum absolute atomic E-state index is 0.0440. The van der Waals surface area contributed by atoms with Crippen molar-refractivity contribution >= 4 is 70.2 Å². The molecule has 0 bridgehead atoms. The number of rotatable bonds is 23. The summed E-state index contributed by atoms with van der Waals surface area (Å²) in [5.41, 5.74) is 2.50. The standard InChI is InChI=1S/C64H88N12O15/c1-39(46-36-67-47-14-8-7-13-45(46)47)56-61(87)69-49(34-43-22-25-65-26-23-43)59(85)72-57(40(2)77)62(88)70-50(35-41-11-5-4-6-12-41)63(89)73(3)51(60(86)68-48(58(84)71-56)33-42-16-18-44(78)19-17-42)15-9-10-24-66-53(79)21-20-52(64(90)91)76-31-29-74(37-54(80)81)27-28-75(30-32-76)38-55(82)83/h4-8,11-14,16-19,36,39-40,43,48-52,56-57,65,67,77-78H,9-10,15,20-35,37-38H2,1-3H3,(H,66,79)(H,68,86)(H,69,87)(H,70,88)(H,71,84)(H,72,85)(H,80,81)(H,82,83)(H,90,91)/t39-,40+,48-,49-,50-,51-,52?,56+,57-/m0/s1. The maximum Gasteiger partial charge on any atom is 0.320 e. The number of nitrogens with one attached hydrogen (secondary N) is 8. The second-order valence-corrected chi connectivity index (χ2v) is 24.0. The number of piperidine rings is 1. The number of carbonyl (C=O) groups is 10. The average Bonchev–Trinajstić information content (AvgIpc) is 1.78. The Hall–Kier alpha value is -8.50. The Morgan fingerprint density at radius 2 is 1.20 bits per heavy atom. The molecule has 3 aliphatic heterocycles. The van der Waals surface area contributed by atoms with E-state index in [4.69, 9.17) is 0 Å². The van der Waals surface area contributed by atoms with Gasteiger partial charge in [0.15, 0.2) is 0 Å². The van der Waals surface area contributed by atoms with Gasteiger partial charge < -0.3 is 72.6 Å². The molecule has 4 aromatic rings. The number of hydrogen-bond donors (Lipinski definition) is 13. The van der Waals surface area contributed by atoms with Crippen LogP contribution in [0.15, 0.2) is 85.1 Å². The molecule has 0 aliphatic carbocycles. The number of aliphatic hydroxyl groups excluding tert-OH is 1. The Labute approximate surface area is 528 Å². The van der Waals surface area contributed by atoms with Crippen LogP contribution in [0.25, 0.3) is 10.9 Å². The van der Waals surface area contributed by atoms with Crippen LogP contribution in [0.4, 0.5) is 0 Å². The summed E-state index contributed by atoms with van der Waals surface area (Å²) in [6, 6.07) is 12.3. The molecule has 13 N–H and O–H groups in total. The Morgan fingerprint density at radius 3 is 1.84 bits per heavy atom. The molecular weight excluding hydrogens is 1180 g/mol. The number of hydrogen-bond acceptors (Lipinski definition) is 16. The molecule has 0 radical (unpaired) electrons. The number of aromatic nitrogens is 1. The van der Waals surface area contributed by atoms with Gasteiger partial charge >= 0.3 is 17.9 Å². The van der Waals surface area contributed by atoms with Crippen molar-refractivity contribution in [2.24, 2.45) is 5.92 Å². The number of para-hydroxylation sites is 1. The molecule has 1 aromatic heterocycles. The quantitative estimate of drug-likeness (QED) is 0.0438. The number of carbonyl (C=O) groups excluding carboxylic acids is 7. The summed E-state index contributed by atoms with van der Waals surface area (Å²) in [6.07, 6.45) is 1.32. The van der Waals surface area contributed by atoms with E-state index in [1.165, 1.54) is 26.1 Å². The van der Waals surface area contributed by atoms with E-state index in [2.05, 4.69) is 42.2 Å². The smallest absolute Gasteiger partial charge is 0.320 e. The molecule has 3 fully saturated rings. The van der Waals surface area contributed by atoms with E-state index in [1.54, 1.807) is 70.3 Å². The van der Waals surface area contributed by atoms with Crippen molar-refractivity contribution in [3.8, 4) is 5.75 Å². The number of amides is 7. The maximum atomic E-state index is 15.3. The second kappa shape index (κ2) is 34.1. The van der Waals surface area contributed by atoms with Gasteiger partial charge in [-0.15, -0.1) is 0 Å². The first-order valence-electron chi connectivity index (χ1n) is 31.2. The molecule has 494 valence electrons. The van der Waals surface area contributed by atoms with Gasteiger partial charge in [-0.3, -0.25) is 62.6 Å². The number of aromatic amines is 1. The van der Waals surface area contributed by atoms with Gasteiger partial charge in [0.2, 0.25) is 41.4 Å². The lowest BCUT2D eigenvalue weighted by molar-refractivity contribution is -0.145. The Bertz CT molecular complexity index is 3110. The van der Waals surface area contributed by atoms with Gasteiger partial charge in [-0.25, -0.2) is 0 Å². The number of aliphatic hydroxyl groups is 1. The van der Waals surface area contributed by atoms with Gasteiger partial charge in [-0.2, -0.15) is 0 Å². The molecule has 27 heteroatoms. The summed E-state index contributed by atoms with van der Waals surface area (Å²) < 4.78 is 0. The van der Waals surface area contributed by atoms with Crippen molar-refractivity contribution in [2.75, 3.05) is 79.0 Å². The number of aliphatic carboxylic acids is 3. The number of carboxylic acids is 3. The van der Waals surface area contributed by atoms with Gasteiger partial charge in [-0.1, -0.05) is 67.6 Å². The highest BCUT2D eigenvalue weighted by Crippen LogP contribution is 2.29. The van der Waals surface area contributed by atoms with E-state index < -0.39 is 114 Å². The summed E-state index contributed by atoms with van der Waals surface area (Å²) in [5, 5.41) is 71.9. The molecule has 9 atom stereocenters. The Balaban J connectivity index is 1.17. The molecule has 1 unspecified atom stereocenters. The molecule has 7 amide bonds. The minimum Gasteiger partial charge on any atom is -0.508 e. The fourth-order valence-electron chi connectivity index (χ4n) is 12.2. The van der Waals surface area contributed by atoms with Crippen LogP contribution in [-0.2, 0) is 60.8 Å². The van der Waals surface area contributed by atoms with Crippen LogP contribution in [0, 0.1) is 5.92 Å². The number of fused-ring (bicyclic) bond motifs is 1. The van der Waals surface area contributed by atoms with Gasteiger partial charge in [0.05, 0.1) is 19.2 Å². The average molecular weight is 1270 g/mol. The van der Waals surface area contributed by atoms with Gasteiger partial charge in [-0.05, 0) is 106 Å². The van der Waals surface area contributed by atoms with E-state index in [-0.39, 0.29) is 122 Å². The molecule has 0 spiro atoms. The minimum atomic E-state index is -1.66. The molecule has 3 aliphatic rings. The van der Waals surface area contributed by atoms with Crippen LogP contribution in [0.2, 0.25) is 0 Å². The number of phenols is 1. The number of carboxylic acid groups (broad SMARTS) is 3. The van der Waals surface area contributed by atoms with E-state index in [9.17, 15) is 54.3 Å². The third kappa shape index (κ3) is 20.8. The number of aromatic hydroxyl groups is 1. The normalized spacial score (nSPS) is 23.1. The zero-order valence-corrected chi connectivity index (χ0v) is 51.8. The molecule has 27 nitrogen and oxygen atoms in total. The van der Waals surface area contributed by atoms with Gasteiger partial charge in [0.1, 0.15) is 48.0 Å². The Morgan fingerprint density at radius 1 is 0.637 bits per heavy atom. The fourth-order valence-corrected chi connectivity index (χ4v) is 12.2. The molecule has 91 heavy (non-hydrogen) atoms. The van der Waals surface area contributed by atoms with E-state index in [0.29, 0.717) is 42.6 Å². The molecule has 3 saturated heterocycles. The van der Waals surface area contributed by atoms with Gasteiger partial charge in [0.25, 0.3) is 0 Å². The van der Waals surface area contributed by atoms with Crippen LogP contribution in [-0.4, -0.2) is 237 Å². The van der Waals surface area contributed by atoms with Crippen LogP contribution >= 0.6 is 0 Å². The number of nitrogens with zero attached hydrogens (tertiary/aromatic N) is 4. The third-order valence-electron chi connectivity index (χ3n) is 17.4. The topological polar surface area (TPSA) is 385 Å². The second-order valence-electron chi connectivity index (χ2n) is 24.0. The highest BCUT2D eigenvalue weighted by molar-refractivity contribution is 5.99. The summed E-state index contributed by atoms with van der Waals surface area (Å²) in [6.45, 7) is 4.88. The van der Waals surface area contributed by atoms with Gasteiger partial charge in [0, 0.05) is 95.1 Å². The number of H-pyrrole nitrogens is 1. The summed E-state index contributed by atoms with van der Waals surface area (Å²) in [4.78, 5) is 149. The monoisotopic (exact) mass is 1260 g/mol. The largest absolute Gasteiger partial charge is 0.508 e. The number of phenolic OH excluding ortho intramolecular Hbond substituents is 1. The lowest BCUT2D eigenvalue weighted by Crippen LogP contribution is -2.63. The van der Waals surface area contributed by atoms with Crippen molar-refractivity contribution in [2.45, 2.75) is 132 Å². The van der Waals surface area contributed by atoms with E-state index in [1.807, 2.05) is 24.3 Å². The van der Waals surface area contributed by atoms with E-state index in [0.717, 1.165) is 15.8 Å². The van der Waals surface area contributed by atoms with E-state index >= 15 is 19.2 Å². The lowest BCUT2D eigenvalue weighted by Gasteiger charge is -2.34. The van der Waals surface area contributed by atoms with Crippen molar-refractivity contribution in [1.29, 1.82) is 0 Å². The molecule has 3 aromatic carbocycles. The molecule has 7 rings (SSSR count). The predicted molar refractivity (Wildman–Crippen MR) is 334 cm³/mol.